The maximum atomic E-state index is 12.2. The predicted molar refractivity (Wildman–Crippen MR) is 104 cm³/mol. The normalized spacial score (nSPS) is 14.1. The van der Waals surface area contributed by atoms with E-state index in [4.69, 9.17) is 16.3 Å². The lowest BCUT2D eigenvalue weighted by Crippen LogP contribution is -2.23. The molecule has 0 bridgehead atoms. The lowest BCUT2D eigenvalue weighted by molar-refractivity contribution is -0.144. The number of nitrogens with zero attached hydrogens (tertiary/aromatic N) is 3. The summed E-state index contributed by atoms with van der Waals surface area (Å²) in [6, 6.07) is 9.49. The van der Waals surface area contributed by atoms with E-state index in [-0.39, 0.29) is 18.9 Å². The van der Waals surface area contributed by atoms with Gasteiger partial charge in [-0.25, -0.2) is 9.97 Å². The molecule has 3 aromatic rings. The van der Waals surface area contributed by atoms with Crippen molar-refractivity contribution >= 4 is 50.8 Å². The van der Waals surface area contributed by atoms with Gasteiger partial charge in [0.05, 0.1) is 17.6 Å². The molecular formula is C19H16ClN3O3S. The van der Waals surface area contributed by atoms with Gasteiger partial charge >= 0.3 is 5.97 Å². The molecule has 1 aliphatic heterocycles. The number of anilines is 1. The number of benzene rings is 1. The molecular weight excluding hydrogens is 386 g/mol. The summed E-state index contributed by atoms with van der Waals surface area (Å²) in [5, 5.41) is 3.69. The molecule has 1 saturated heterocycles. The van der Waals surface area contributed by atoms with Crippen LogP contribution in [0, 0.1) is 0 Å². The van der Waals surface area contributed by atoms with E-state index in [9.17, 15) is 9.59 Å². The van der Waals surface area contributed by atoms with Gasteiger partial charge < -0.3 is 4.74 Å². The second kappa shape index (κ2) is 7.62. The number of hydrogen-bond donors (Lipinski definition) is 0. The topological polar surface area (TPSA) is 72.4 Å². The average molecular weight is 402 g/mol. The molecule has 6 nitrogen and oxygen atoms in total. The Bertz CT molecular complexity index is 1020. The summed E-state index contributed by atoms with van der Waals surface area (Å²) in [4.78, 5) is 34.3. The van der Waals surface area contributed by atoms with E-state index in [1.54, 1.807) is 10.3 Å². The number of carbonyl (C=O) groups excluding carboxylic acids is 2. The third kappa shape index (κ3) is 3.94. The summed E-state index contributed by atoms with van der Waals surface area (Å²) in [5.41, 5.74) is 2.05. The van der Waals surface area contributed by atoms with Crippen LogP contribution in [-0.4, -0.2) is 28.4 Å². The molecule has 0 radical (unpaired) electrons. The molecule has 0 atom stereocenters. The Hall–Kier alpha value is -2.51. The number of halogens is 1. The highest BCUT2D eigenvalue weighted by Crippen LogP contribution is 2.26. The molecule has 27 heavy (non-hydrogen) atoms. The van der Waals surface area contributed by atoms with Crippen molar-refractivity contribution in [3.05, 3.63) is 52.1 Å². The fourth-order valence-corrected chi connectivity index (χ4v) is 4.01. The van der Waals surface area contributed by atoms with Gasteiger partial charge in [-0.1, -0.05) is 29.8 Å². The molecule has 0 unspecified atom stereocenters. The number of rotatable bonds is 5. The first kappa shape index (κ1) is 17.9. The van der Waals surface area contributed by atoms with Crippen molar-refractivity contribution in [3.8, 4) is 0 Å². The monoisotopic (exact) mass is 401 g/mol. The first-order chi connectivity index (χ1) is 13.1. The van der Waals surface area contributed by atoms with Crippen LogP contribution in [0.2, 0.25) is 5.15 Å². The standard InChI is InChI=1S/C19H16ClN3O3S/c20-18-13(8-12-4-1-2-5-15(12)22-18)10-26-17(25)9-14-11-27-19(21-14)23-7-3-6-16(23)24/h1-2,4-5,8,11H,3,6-7,9-10H2. The van der Waals surface area contributed by atoms with E-state index < -0.39 is 5.97 Å². The SMILES string of the molecule is O=C(Cc1csc(N2CCCC2=O)n1)OCc1cc2ccccc2nc1Cl. The molecule has 0 aliphatic carbocycles. The number of pyridine rings is 1. The van der Waals surface area contributed by atoms with Crippen molar-refractivity contribution in [2.75, 3.05) is 11.4 Å². The molecule has 0 spiro atoms. The number of ether oxygens (including phenoxy) is 1. The lowest BCUT2D eigenvalue weighted by Gasteiger charge is -2.10. The molecule has 2 aromatic heterocycles. The number of carbonyl (C=O) groups is 2. The van der Waals surface area contributed by atoms with Gasteiger partial charge in [-0.2, -0.15) is 0 Å². The summed E-state index contributed by atoms with van der Waals surface area (Å²) in [7, 11) is 0. The van der Waals surface area contributed by atoms with Crippen molar-refractivity contribution in [1.82, 2.24) is 9.97 Å². The van der Waals surface area contributed by atoms with Crippen LogP contribution in [0.5, 0.6) is 0 Å². The second-order valence-electron chi connectivity index (χ2n) is 6.24. The number of amides is 1. The summed E-state index contributed by atoms with van der Waals surface area (Å²) in [5.74, 6) is -0.319. The molecule has 138 valence electrons. The Kier molecular flexibility index (Phi) is 5.05. The molecule has 0 saturated carbocycles. The van der Waals surface area contributed by atoms with Crippen molar-refractivity contribution in [3.63, 3.8) is 0 Å². The van der Waals surface area contributed by atoms with E-state index in [2.05, 4.69) is 9.97 Å². The van der Waals surface area contributed by atoms with Crippen molar-refractivity contribution < 1.29 is 14.3 Å². The fourth-order valence-electron chi connectivity index (χ4n) is 2.95. The lowest BCUT2D eigenvalue weighted by atomic mass is 10.2. The maximum Gasteiger partial charge on any atom is 0.312 e. The zero-order valence-corrected chi connectivity index (χ0v) is 15.9. The van der Waals surface area contributed by atoms with Crippen LogP contribution < -0.4 is 4.90 Å². The molecule has 8 heteroatoms. The van der Waals surface area contributed by atoms with E-state index >= 15 is 0 Å². The van der Waals surface area contributed by atoms with Crippen LogP contribution in [-0.2, 0) is 27.4 Å². The van der Waals surface area contributed by atoms with E-state index in [0.717, 1.165) is 17.3 Å². The highest BCUT2D eigenvalue weighted by molar-refractivity contribution is 7.14. The molecule has 1 fully saturated rings. The Labute approximate surface area is 164 Å². The van der Waals surface area contributed by atoms with Gasteiger partial charge in [-0.3, -0.25) is 14.5 Å². The minimum Gasteiger partial charge on any atom is -0.460 e. The Morgan fingerprint density at radius 3 is 2.96 bits per heavy atom. The van der Waals surface area contributed by atoms with Gasteiger partial charge in [-0.15, -0.1) is 11.3 Å². The second-order valence-corrected chi connectivity index (χ2v) is 7.43. The largest absolute Gasteiger partial charge is 0.460 e. The summed E-state index contributed by atoms with van der Waals surface area (Å²) in [6.45, 7) is 0.737. The zero-order chi connectivity index (χ0) is 18.8. The predicted octanol–water partition coefficient (Wildman–Crippen LogP) is 3.76. The van der Waals surface area contributed by atoms with Crippen LogP contribution in [0.3, 0.4) is 0 Å². The van der Waals surface area contributed by atoms with Gasteiger partial charge in [0.25, 0.3) is 0 Å². The summed E-state index contributed by atoms with van der Waals surface area (Å²) >= 11 is 7.55. The van der Waals surface area contributed by atoms with Crippen molar-refractivity contribution in [2.24, 2.45) is 0 Å². The maximum absolute atomic E-state index is 12.2. The third-order valence-electron chi connectivity index (χ3n) is 4.31. The smallest absolute Gasteiger partial charge is 0.312 e. The van der Waals surface area contributed by atoms with E-state index in [1.807, 2.05) is 30.3 Å². The molecule has 3 heterocycles. The minimum absolute atomic E-state index is 0.0527. The summed E-state index contributed by atoms with van der Waals surface area (Å²) < 4.78 is 5.34. The van der Waals surface area contributed by atoms with Gasteiger partial charge in [0.15, 0.2) is 5.13 Å². The zero-order valence-electron chi connectivity index (χ0n) is 14.4. The van der Waals surface area contributed by atoms with Gasteiger partial charge in [0, 0.05) is 29.3 Å². The third-order valence-corrected chi connectivity index (χ3v) is 5.55. The molecule has 1 aromatic carbocycles. The Morgan fingerprint density at radius 2 is 2.15 bits per heavy atom. The number of aromatic nitrogens is 2. The Morgan fingerprint density at radius 1 is 1.30 bits per heavy atom. The Balaban J connectivity index is 1.38. The van der Waals surface area contributed by atoms with Gasteiger partial charge in [-0.05, 0) is 18.6 Å². The number of esters is 1. The number of fused-ring (bicyclic) bond motifs is 1. The van der Waals surface area contributed by atoms with Crippen molar-refractivity contribution in [2.45, 2.75) is 25.9 Å². The average Bonchev–Trinajstić information content (AvgIpc) is 3.28. The van der Waals surface area contributed by atoms with Gasteiger partial charge in [0.1, 0.15) is 11.8 Å². The highest BCUT2D eigenvalue weighted by atomic mass is 35.5. The quantitative estimate of drug-likeness (QED) is 0.480. The van der Waals surface area contributed by atoms with Crippen molar-refractivity contribution in [1.29, 1.82) is 0 Å². The number of hydrogen-bond acceptors (Lipinski definition) is 6. The van der Waals surface area contributed by atoms with E-state index in [1.165, 1.54) is 11.3 Å². The first-order valence-electron chi connectivity index (χ1n) is 8.55. The fraction of sp³-hybridized carbons (Fsp3) is 0.263. The van der Waals surface area contributed by atoms with E-state index in [0.29, 0.717) is 34.5 Å². The van der Waals surface area contributed by atoms with Crippen LogP contribution >= 0.6 is 22.9 Å². The highest BCUT2D eigenvalue weighted by Gasteiger charge is 2.24. The minimum atomic E-state index is -0.399. The van der Waals surface area contributed by atoms with Crippen LogP contribution in [0.25, 0.3) is 10.9 Å². The number of para-hydroxylation sites is 1. The first-order valence-corrected chi connectivity index (χ1v) is 9.80. The van der Waals surface area contributed by atoms with Gasteiger partial charge in [0.2, 0.25) is 5.91 Å². The summed E-state index contributed by atoms with van der Waals surface area (Å²) in [6.07, 6.45) is 1.45. The van der Waals surface area contributed by atoms with Crippen LogP contribution in [0.4, 0.5) is 5.13 Å². The molecule has 4 rings (SSSR count). The van der Waals surface area contributed by atoms with Crippen LogP contribution in [0.1, 0.15) is 24.1 Å². The van der Waals surface area contributed by atoms with Crippen LogP contribution in [0.15, 0.2) is 35.7 Å². The number of thiazole rings is 1. The molecule has 1 amide bonds. The molecule has 0 N–H and O–H groups in total. The molecule has 1 aliphatic rings.